The van der Waals surface area contributed by atoms with E-state index in [1.807, 2.05) is 4.90 Å². The minimum atomic E-state index is 0.175. The smallest absolute Gasteiger partial charge is 0.227 e. The highest BCUT2D eigenvalue weighted by molar-refractivity contribution is 7.16. The second-order valence-corrected chi connectivity index (χ2v) is 6.73. The summed E-state index contributed by atoms with van der Waals surface area (Å²) in [6, 6.07) is 2.08. The molecule has 1 unspecified atom stereocenters. The summed E-state index contributed by atoms with van der Waals surface area (Å²) in [6.07, 6.45) is 2.61. The Labute approximate surface area is 133 Å². The Bertz CT molecular complexity index is 673. The van der Waals surface area contributed by atoms with Crippen molar-refractivity contribution in [1.82, 2.24) is 20.2 Å². The van der Waals surface area contributed by atoms with Crippen LogP contribution in [-0.4, -0.2) is 60.0 Å². The average molecular weight is 317 g/mol. The van der Waals surface area contributed by atoms with Crippen molar-refractivity contribution in [1.29, 1.82) is 0 Å². The van der Waals surface area contributed by atoms with Crippen molar-refractivity contribution >= 4 is 33.3 Å². The van der Waals surface area contributed by atoms with Crippen LogP contribution in [0.4, 0.5) is 5.82 Å². The number of piperazine rings is 1. The number of aromatic nitrogens is 2. The number of carbonyl (C=O) groups is 1. The van der Waals surface area contributed by atoms with E-state index in [1.165, 1.54) is 0 Å². The molecule has 0 aromatic carbocycles. The van der Waals surface area contributed by atoms with Crippen LogP contribution >= 0.6 is 11.3 Å². The molecule has 2 fully saturated rings. The minimum Gasteiger partial charge on any atom is -0.352 e. The van der Waals surface area contributed by atoms with Crippen LogP contribution in [0.15, 0.2) is 17.8 Å². The van der Waals surface area contributed by atoms with Gasteiger partial charge >= 0.3 is 0 Å². The Balaban J connectivity index is 1.45. The molecule has 7 heteroatoms. The first-order valence-electron chi connectivity index (χ1n) is 7.75. The topological polar surface area (TPSA) is 61.4 Å². The van der Waals surface area contributed by atoms with E-state index in [2.05, 4.69) is 31.6 Å². The third-order valence-corrected chi connectivity index (χ3v) is 5.36. The second-order valence-electron chi connectivity index (χ2n) is 5.84. The minimum absolute atomic E-state index is 0.175. The van der Waals surface area contributed by atoms with Gasteiger partial charge in [-0.3, -0.25) is 4.79 Å². The molecule has 2 aliphatic heterocycles. The molecule has 0 saturated carbocycles. The molecule has 1 amide bonds. The number of rotatable bonds is 2. The first-order valence-corrected chi connectivity index (χ1v) is 8.63. The standard InChI is InChI=1S/C15H19N5OS/c21-15(11-1-3-16-9-11)20-6-4-19(5-7-20)13-12-2-8-22-14(12)18-10-17-13/h2,8,10-11,16H,1,3-7,9H2. The Hall–Kier alpha value is -1.73. The lowest BCUT2D eigenvalue weighted by Crippen LogP contribution is -2.50. The number of nitrogens with one attached hydrogen (secondary N) is 1. The zero-order valence-electron chi connectivity index (χ0n) is 12.4. The summed E-state index contributed by atoms with van der Waals surface area (Å²) in [5, 5.41) is 6.44. The summed E-state index contributed by atoms with van der Waals surface area (Å²) in [5.74, 6) is 1.49. The summed E-state index contributed by atoms with van der Waals surface area (Å²) >= 11 is 1.64. The SMILES string of the molecule is O=C(C1CCNC1)N1CCN(c2ncnc3sccc23)CC1. The van der Waals surface area contributed by atoms with Crippen molar-refractivity contribution in [2.75, 3.05) is 44.2 Å². The first-order chi connectivity index (χ1) is 10.8. The fraction of sp³-hybridized carbons (Fsp3) is 0.533. The molecule has 2 aliphatic rings. The molecule has 1 N–H and O–H groups in total. The van der Waals surface area contributed by atoms with Crippen molar-refractivity contribution in [3.63, 3.8) is 0 Å². The quantitative estimate of drug-likeness (QED) is 0.893. The number of amides is 1. The molecule has 6 nitrogen and oxygen atoms in total. The van der Waals surface area contributed by atoms with E-state index in [9.17, 15) is 4.79 Å². The molecule has 0 aliphatic carbocycles. The lowest BCUT2D eigenvalue weighted by Gasteiger charge is -2.36. The largest absolute Gasteiger partial charge is 0.352 e. The molecule has 4 rings (SSSR count). The van der Waals surface area contributed by atoms with E-state index in [1.54, 1.807) is 17.7 Å². The van der Waals surface area contributed by atoms with Crippen molar-refractivity contribution in [2.45, 2.75) is 6.42 Å². The fourth-order valence-electron chi connectivity index (χ4n) is 3.29. The van der Waals surface area contributed by atoms with Crippen molar-refractivity contribution < 1.29 is 4.79 Å². The van der Waals surface area contributed by atoms with E-state index >= 15 is 0 Å². The van der Waals surface area contributed by atoms with Crippen molar-refractivity contribution in [3.05, 3.63) is 17.8 Å². The van der Waals surface area contributed by atoms with Gasteiger partial charge in [-0.1, -0.05) is 0 Å². The van der Waals surface area contributed by atoms with Crippen LogP contribution in [0.1, 0.15) is 6.42 Å². The average Bonchev–Trinajstić information content (AvgIpc) is 3.25. The number of anilines is 1. The van der Waals surface area contributed by atoms with Gasteiger partial charge in [-0.2, -0.15) is 0 Å². The molecule has 0 spiro atoms. The zero-order valence-corrected chi connectivity index (χ0v) is 13.2. The summed E-state index contributed by atoms with van der Waals surface area (Å²) in [4.78, 5) is 26.5. The highest BCUT2D eigenvalue weighted by Gasteiger charge is 2.29. The van der Waals surface area contributed by atoms with Crippen molar-refractivity contribution in [2.24, 2.45) is 5.92 Å². The van der Waals surface area contributed by atoms with Gasteiger partial charge < -0.3 is 15.1 Å². The number of carbonyl (C=O) groups excluding carboxylic acids is 1. The van der Waals surface area contributed by atoms with Crippen LogP contribution in [-0.2, 0) is 4.79 Å². The fourth-order valence-corrected chi connectivity index (χ4v) is 4.02. The zero-order chi connectivity index (χ0) is 14.9. The molecular formula is C15H19N5OS. The van der Waals surface area contributed by atoms with Gasteiger partial charge in [0.15, 0.2) is 0 Å². The number of fused-ring (bicyclic) bond motifs is 1. The van der Waals surface area contributed by atoms with Crippen LogP contribution in [0.5, 0.6) is 0 Å². The van der Waals surface area contributed by atoms with Gasteiger partial charge in [-0.05, 0) is 24.4 Å². The van der Waals surface area contributed by atoms with Crippen LogP contribution in [0.2, 0.25) is 0 Å². The summed E-state index contributed by atoms with van der Waals surface area (Å²) in [6.45, 7) is 5.05. The Morgan fingerprint density at radius 2 is 2.14 bits per heavy atom. The molecule has 0 bridgehead atoms. The maximum Gasteiger partial charge on any atom is 0.227 e. The van der Waals surface area contributed by atoms with Gasteiger partial charge in [0.25, 0.3) is 0 Å². The molecule has 4 heterocycles. The monoisotopic (exact) mass is 317 g/mol. The molecule has 1 atom stereocenters. The third-order valence-electron chi connectivity index (χ3n) is 4.54. The maximum atomic E-state index is 12.5. The Morgan fingerprint density at radius 1 is 1.27 bits per heavy atom. The summed E-state index contributed by atoms with van der Waals surface area (Å²) in [5.41, 5.74) is 0. The van der Waals surface area contributed by atoms with Gasteiger partial charge in [0.05, 0.1) is 11.3 Å². The molecular weight excluding hydrogens is 298 g/mol. The van der Waals surface area contributed by atoms with E-state index in [4.69, 9.17) is 0 Å². The Kier molecular flexibility index (Phi) is 3.67. The van der Waals surface area contributed by atoms with Gasteiger partial charge in [-0.15, -0.1) is 11.3 Å². The molecule has 2 saturated heterocycles. The molecule has 0 radical (unpaired) electrons. The van der Waals surface area contributed by atoms with E-state index in [-0.39, 0.29) is 5.92 Å². The van der Waals surface area contributed by atoms with Gasteiger partial charge in [0, 0.05) is 32.7 Å². The molecule has 116 valence electrons. The van der Waals surface area contributed by atoms with Gasteiger partial charge in [0.2, 0.25) is 5.91 Å². The number of hydrogen-bond acceptors (Lipinski definition) is 6. The number of thiophene rings is 1. The van der Waals surface area contributed by atoms with Crippen LogP contribution in [0, 0.1) is 5.92 Å². The summed E-state index contributed by atoms with van der Waals surface area (Å²) in [7, 11) is 0. The Morgan fingerprint density at radius 3 is 2.91 bits per heavy atom. The molecule has 22 heavy (non-hydrogen) atoms. The predicted molar refractivity (Wildman–Crippen MR) is 87.2 cm³/mol. The normalized spacial score (nSPS) is 22.5. The first kappa shape index (κ1) is 13.9. The highest BCUT2D eigenvalue weighted by atomic mass is 32.1. The molecule has 2 aromatic heterocycles. The lowest BCUT2D eigenvalue weighted by molar-refractivity contribution is -0.135. The molecule has 2 aromatic rings. The van der Waals surface area contributed by atoms with Crippen LogP contribution in [0.25, 0.3) is 10.2 Å². The van der Waals surface area contributed by atoms with Crippen LogP contribution in [0.3, 0.4) is 0 Å². The van der Waals surface area contributed by atoms with Gasteiger partial charge in [-0.25, -0.2) is 9.97 Å². The third kappa shape index (κ3) is 2.44. The predicted octanol–water partition coefficient (Wildman–Crippen LogP) is 0.949. The summed E-state index contributed by atoms with van der Waals surface area (Å²) < 4.78 is 0. The maximum absolute atomic E-state index is 12.5. The van der Waals surface area contributed by atoms with Crippen LogP contribution < -0.4 is 10.2 Å². The number of nitrogens with zero attached hydrogens (tertiary/aromatic N) is 4. The number of hydrogen-bond donors (Lipinski definition) is 1. The second kappa shape index (κ2) is 5.81. The highest BCUT2D eigenvalue weighted by Crippen LogP contribution is 2.27. The van der Waals surface area contributed by atoms with Gasteiger partial charge in [0.1, 0.15) is 17.0 Å². The lowest BCUT2D eigenvalue weighted by atomic mass is 10.1. The van der Waals surface area contributed by atoms with Crippen molar-refractivity contribution in [3.8, 4) is 0 Å². The van der Waals surface area contributed by atoms with E-state index < -0.39 is 0 Å². The van der Waals surface area contributed by atoms with E-state index in [0.717, 1.165) is 61.7 Å². The van der Waals surface area contributed by atoms with E-state index in [0.29, 0.717) is 5.91 Å².